The average Bonchev–Trinajstić information content (AvgIpc) is 2.29. The molecule has 0 atom stereocenters. The molecule has 1 rings (SSSR count). The van der Waals surface area contributed by atoms with E-state index in [-0.39, 0.29) is 5.60 Å². The van der Waals surface area contributed by atoms with Crippen LogP contribution < -0.4 is 10.1 Å². The zero-order valence-corrected chi connectivity index (χ0v) is 11.5. The van der Waals surface area contributed by atoms with Gasteiger partial charge in [0.15, 0.2) is 0 Å². The van der Waals surface area contributed by atoms with Crippen LogP contribution >= 0.6 is 0 Å². The van der Waals surface area contributed by atoms with Gasteiger partial charge < -0.3 is 14.8 Å². The molecular weight excluding hydrogens is 214 g/mol. The maximum atomic E-state index is 5.38. The van der Waals surface area contributed by atoms with Gasteiger partial charge in [0.25, 0.3) is 0 Å². The van der Waals surface area contributed by atoms with E-state index in [1.165, 1.54) is 0 Å². The molecule has 0 heterocycles. The second-order valence-electron chi connectivity index (χ2n) is 4.82. The van der Waals surface area contributed by atoms with Crippen LogP contribution in [0.15, 0.2) is 18.2 Å². The van der Waals surface area contributed by atoms with E-state index in [4.69, 9.17) is 9.47 Å². The van der Waals surface area contributed by atoms with Crippen molar-refractivity contribution in [3.8, 4) is 5.75 Å². The van der Waals surface area contributed by atoms with Gasteiger partial charge in [-0.15, -0.1) is 0 Å². The highest BCUT2D eigenvalue weighted by molar-refractivity contribution is 5.50. The van der Waals surface area contributed by atoms with Gasteiger partial charge in [0.05, 0.1) is 12.7 Å². The molecule has 0 aliphatic rings. The zero-order chi connectivity index (χ0) is 12.9. The minimum atomic E-state index is -0.0749. The number of ether oxygens (including phenoxy) is 2. The maximum Gasteiger partial charge on any atom is 0.121 e. The fraction of sp³-hybridized carbons (Fsp3) is 0.571. The van der Waals surface area contributed by atoms with Gasteiger partial charge in [0.1, 0.15) is 5.75 Å². The Morgan fingerprint density at radius 1 is 1.24 bits per heavy atom. The van der Waals surface area contributed by atoms with E-state index in [0.717, 1.165) is 30.0 Å². The molecule has 17 heavy (non-hydrogen) atoms. The summed E-state index contributed by atoms with van der Waals surface area (Å²) in [5.74, 6) is 0.924. The van der Waals surface area contributed by atoms with Gasteiger partial charge in [-0.3, -0.25) is 0 Å². The third kappa shape index (κ3) is 4.27. The lowest BCUT2D eigenvalue weighted by Gasteiger charge is -2.23. The van der Waals surface area contributed by atoms with Crippen LogP contribution in [-0.2, 0) is 4.74 Å². The maximum absolute atomic E-state index is 5.38. The van der Waals surface area contributed by atoms with E-state index in [2.05, 4.69) is 25.2 Å². The van der Waals surface area contributed by atoms with E-state index in [0.29, 0.717) is 0 Å². The lowest BCUT2D eigenvalue weighted by Crippen LogP contribution is -2.25. The predicted molar refractivity (Wildman–Crippen MR) is 71.9 cm³/mol. The van der Waals surface area contributed by atoms with Gasteiger partial charge in [-0.2, -0.15) is 0 Å². The van der Waals surface area contributed by atoms with Gasteiger partial charge in [-0.25, -0.2) is 0 Å². The van der Waals surface area contributed by atoms with Crippen molar-refractivity contribution >= 4 is 5.69 Å². The third-order valence-electron chi connectivity index (χ3n) is 3.00. The van der Waals surface area contributed by atoms with E-state index in [1.54, 1.807) is 14.2 Å². The van der Waals surface area contributed by atoms with Crippen molar-refractivity contribution in [3.63, 3.8) is 0 Å². The van der Waals surface area contributed by atoms with Crippen molar-refractivity contribution in [2.24, 2.45) is 0 Å². The van der Waals surface area contributed by atoms with Crippen LogP contribution in [0.1, 0.15) is 25.8 Å². The summed E-state index contributed by atoms with van der Waals surface area (Å²) in [5.41, 5.74) is 2.19. The second-order valence-corrected chi connectivity index (χ2v) is 4.82. The van der Waals surface area contributed by atoms with E-state index in [1.807, 2.05) is 19.1 Å². The fourth-order valence-electron chi connectivity index (χ4n) is 1.60. The van der Waals surface area contributed by atoms with Crippen molar-refractivity contribution in [1.29, 1.82) is 0 Å². The van der Waals surface area contributed by atoms with Crippen molar-refractivity contribution in [3.05, 3.63) is 23.8 Å². The summed E-state index contributed by atoms with van der Waals surface area (Å²) in [7, 11) is 3.44. The zero-order valence-electron chi connectivity index (χ0n) is 11.5. The molecule has 3 nitrogen and oxygen atoms in total. The van der Waals surface area contributed by atoms with Gasteiger partial charge >= 0.3 is 0 Å². The van der Waals surface area contributed by atoms with Crippen molar-refractivity contribution in [2.75, 3.05) is 26.1 Å². The number of benzene rings is 1. The summed E-state index contributed by atoms with van der Waals surface area (Å²) in [6.45, 7) is 7.12. The molecule has 0 radical (unpaired) electrons. The predicted octanol–water partition coefficient (Wildman–Crippen LogP) is 3.23. The monoisotopic (exact) mass is 237 g/mol. The minimum absolute atomic E-state index is 0.0749. The Balaban J connectivity index is 2.50. The molecule has 96 valence electrons. The minimum Gasteiger partial charge on any atom is -0.496 e. The largest absolute Gasteiger partial charge is 0.496 e. The second kappa shape index (κ2) is 5.92. The van der Waals surface area contributed by atoms with Crippen LogP contribution in [0.3, 0.4) is 0 Å². The Morgan fingerprint density at radius 2 is 1.94 bits per heavy atom. The average molecular weight is 237 g/mol. The lowest BCUT2D eigenvalue weighted by atomic mass is 10.1. The number of methoxy groups -OCH3 is 2. The number of hydrogen-bond donors (Lipinski definition) is 1. The van der Waals surface area contributed by atoms with E-state index in [9.17, 15) is 0 Å². The summed E-state index contributed by atoms with van der Waals surface area (Å²) in [6.07, 6.45) is 0.967. The van der Waals surface area contributed by atoms with Gasteiger partial charge in [0, 0.05) is 19.3 Å². The molecule has 0 saturated heterocycles. The molecule has 0 aromatic heterocycles. The number of anilines is 1. The van der Waals surface area contributed by atoms with E-state index >= 15 is 0 Å². The molecule has 0 fully saturated rings. The molecule has 0 saturated carbocycles. The molecule has 1 aromatic carbocycles. The van der Waals surface area contributed by atoms with Crippen molar-refractivity contribution in [1.82, 2.24) is 0 Å². The summed E-state index contributed by atoms with van der Waals surface area (Å²) in [4.78, 5) is 0. The summed E-state index contributed by atoms with van der Waals surface area (Å²) < 4.78 is 10.6. The van der Waals surface area contributed by atoms with Gasteiger partial charge in [-0.1, -0.05) is 0 Å². The normalized spacial score (nSPS) is 11.4. The van der Waals surface area contributed by atoms with Crippen LogP contribution in [0.4, 0.5) is 5.69 Å². The van der Waals surface area contributed by atoms with Crippen LogP contribution in [0.2, 0.25) is 0 Å². The van der Waals surface area contributed by atoms with Crippen LogP contribution in [-0.4, -0.2) is 26.4 Å². The summed E-state index contributed by atoms with van der Waals surface area (Å²) >= 11 is 0. The number of hydrogen-bond acceptors (Lipinski definition) is 3. The summed E-state index contributed by atoms with van der Waals surface area (Å²) in [5, 5.41) is 3.39. The number of rotatable bonds is 6. The lowest BCUT2D eigenvalue weighted by molar-refractivity contribution is 0.0185. The molecule has 1 aromatic rings. The van der Waals surface area contributed by atoms with Crippen molar-refractivity contribution < 1.29 is 9.47 Å². The molecule has 0 bridgehead atoms. The summed E-state index contributed by atoms with van der Waals surface area (Å²) in [6, 6.07) is 6.11. The quantitative estimate of drug-likeness (QED) is 0.824. The van der Waals surface area contributed by atoms with Crippen molar-refractivity contribution in [2.45, 2.75) is 32.8 Å². The van der Waals surface area contributed by atoms with Gasteiger partial charge in [-0.05, 0) is 51.0 Å². The van der Waals surface area contributed by atoms with Gasteiger partial charge in [0.2, 0.25) is 0 Å². The highest BCUT2D eigenvalue weighted by Crippen LogP contribution is 2.21. The topological polar surface area (TPSA) is 30.5 Å². The standard InChI is InChI=1S/C14H23NO2/c1-11-10-12(6-7-13(11)16-4)15-9-8-14(2,3)17-5/h6-7,10,15H,8-9H2,1-5H3. The third-order valence-corrected chi connectivity index (χ3v) is 3.00. The molecular formula is C14H23NO2. The van der Waals surface area contributed by atoms with Crippen LogP contribution in [0.25, 0.3) is 0 Å². The molecule has 1 N–H and O–H groups in total. The molecule has 0 unspecified atom stereocenters. The van der Waals surface area contributed by atoms with E-state index < -0.39 is 0 Å². The Morgan fingerprint density at radius 3 is 2.47 bits per heavy atom. The first kappa shape index (κ1) is 13.8. The Labute approximate surface area is 104 Å². The number of nitrogens with one attached hydrogen (secondary N) is 1. The Bertz CT molecular complexity index is 361. The molecule has 0 aliphatic heterocycles. The number of aryl methyl sites for hydroxylation is 1. The Hall–Kier alpha value is -1.22. The first-order valence-corrected chi connectivity index (χ1v) is 5.92. The molecule has 0 spiro atoms. The smallest absolute Gasteiger partial charge is 0.121 e. The highest BCUT2D eigenvalue weighted by atomic mass is 16.5. The molecule has 0 aliphatic carbocycles. The Kier molecular flexibility index (Phi) is 4.82. The SMILES string of the molecule is COc1ccc(NCCC(C)(C)OC)cc1C. The first-order chi connectivity index (χ1) is 7.98. The first-order valence-electron chi connectivity index (χ1n) is 5.92. The van der Waals surface area contributed by atoms with Crippen LogP contribution in [0, 0.1) is 6.92 Å². The van der Waals surface area contributed by atoms with Crippen LogP contribution in [0.5, 0.6) is 5.75 Å². The highest BCUT2D eigenvalue weighted by Gasteiger charge is 2.15. The fourth-order valence-corrected chi connectivity index (χ4v) is 1.60. The molecule has 3 heteroatoms. The molecule has 0 amide bonds.